The zero-order valence-electron chi connectivity index (χ0n) is 11.8. The molecule has 1 aromatic carbocycles. The molecule has 0 saturated carbocycles. The van der Waals surface area contributed by atoms with Crippen molar-refractivity contribution >= 4 is 5.78 Å². The lowest BCUT2D eigenvalue weighted by atomic mass is 9.89. The van der Waals surface area contributed by atoms with Crippen LogP contribution in [0.2, 0.25) is 0 Å². The minimum Gasteiger partial charge on any atom is -0.373 e. The second-order valence-corrected chi connectivity index (χ2v) is 5.39. The van der Waals surface area contributed by atoms with Gasteiger partial charge >= 0.3 is 0 Å². The van der Waals surface area contributed by atoms with Crippen molar-refractivity contribution in [3.63, 3.8) is 0 Å². The lowest BCUT2D eigenvalue weighted by molar-refractivity contribution is -0.124. The summed E-state index contributed by atoms with van der Waals surface area (Å²) in [4.78, 5) is 12.2. The van der Waals surface area contributed by atoms with Gasteiger partial charge in [0.15, 0.2) is 5.78 Å². The van der Waals surface area contributed by atoms with Crippen molar-refractivity contribution in [3.8, 4) is 0 Å². The van der Waals surface area contributed by atoms with E-state index in [9.17, 15) is 4.79 Å². The summed E-state index contributed by atoms with van der Waals surface area (Å²) in [6.45, 7) is 4.77. The fourth-order valence-electron chi connectivity index (χ4n) is 2.54. The quantitative estimate of drug-likeness (QED) is 0.886. The SMILES string of the molecule is CCC(C)C(N)C(=O)CC1OCCc2ccccc21. The van der Waals surface area contributed by atoms with Crippen molar-refractivity contribution < 1.29 is 9.53 Å². The van der Waals surface area contributed by atoms with Crippen LogP contribution in [0.15, 0.2) is 24.3 Å². The molecule has 0 bridgehead atoms. The van der Waals surface area contributed by atoms with Gasteiger partial charge in [0.25, 0.3) is 0 Å². The van der Waals surface area contributed by atoms with Crippen LogP contribution in [0.25, 0.3) is 0 Å². The van der Waals surface area contributed by atoms with Crippen molar-refractivity contribution in [2.45, 2.75) is 45.3 Å². The molecule has 2 N–H and O–H groups in total. The van der Waals surface area contributed by atoms with Gasteiger partial charge in [-0.05, 0) is 23.5 Å². The van der Waals surface area contributed by atoms with Crippen molar-refractivity contribution in [1.29, 1.82) is 0 Å². The number of nitrogens with two attached hydrogens (primary N) is 1. The summed E-state index contributed by atoms with van der Waals surface area (Å²) in [5.41, 5.74) is 8.45. The Morgan fingerprint density at radius 2 is 2.21 bits per heavy atom. The van der Waals surface area contributed by atoms with E-state index in [1.807, 2.05) is 19.1 Å². The van der Waals surface area contributed by atoms with Gasteiger partial charge in [-0.1, -0.05) is 44.5 Å². The molecular formula is C16H23NO2. The molecule has 3 atom stereocenters. The highest BCUT2D eigenvalue weighted by atomic mass is 16.5. The normalized spacial score (nSPS) is 21.5. The summed E-state index contributed by atoms with van der Waals surface area (Å²) in [7, 11) is 0. The number of ether oxygens (including phenoxy) is 1. The number of carbonyl (C=O) groups excluding carboxylic acids is 1. The van der Waals surface area contributed by atoms with Gasteiger partial charge in [0.05, 0.1) is 18.8 Å². The molecule has 0 spiro atoms. The van der Waals surface area contributed by atoms with Crippen LogP contribution in [0.1, 0.15) is 43.9 Å². The molecule has 0 amide bonds. The highest BCUT2D eigenvalue weighted by molar-refractivity contribution is 5.84. The van der Waals surface area contributed by atoms with E-state index in [0.717, 1.165) is 18.4 Å². The topological polar surface area (TPSA) is 52.3 Å². The van der Waals surface area contributed by atoms with Gasteiger partial charge < -0.3 is 10.5 Å². The zero-order valence-corrected chi connectivity index (χ0v) is 11.8. The molecule has 0 aromatic heterocycles. The van der Waals surface area contributed by atoms with Crippen LogP contribution in [0.5, 0.6) is 0 Å². The number of Topliss-reactive ketones (excluding diaryl/α,β-unsaturated/α-hetero) is 1. The average Bonchev–Trinajstić information content (AvgIpc) is 2.46. The third-order valence-electron chi connectivity index (χ3n) is 4.11. The molecule has 0 fully saturated rings. The molecule has 19 heavy (non-hydrogen) atoms. The van der Waals surface area contributed by atoms with Crippen molar-refractivity contribution in [1.82, 2.24) is 0 Å². The summed E-state index contributed by atoms with van der Waals surface area (Å²) < 4.78 is 5.76. The first kappa shape index (κ1) is 14.2. The lowest BCUT2D eigenvalue weighted by Crippen LogP contribution is -2.38. The first-order valence-corrected chi connectivity index (χ1v) is 7.11. The first-order valence-electron chi connectivity index (χ1n) is 7.11. The molecule has 0 saturated heterocycles. The third kappa shape index (κ3) is 3.23. The van der Waals surface area contributed by atoms with Crippen LogP contribution in [-0.4, -0.2) is 18.4 Å². The van der Waals surface area contributed by atoms with Crippen LogP contribution in [0.3, 0.4) is 0 Å². The van der Waals surface area contributed by atoms with Gasteiger partial charge in [-0.3, -0.25) is 4.79 Å². The van der Waals surface area contributed by atoms with Crippen LogP contribution in [0.4, 0.5) is 0 Å². The predicted molar refractivity (Wildman–Crippen MR) is 75.9 cm³/mol. The summed E-state index contributed by atoms with van der Waals surface area (Å²) in [5, 5.41) is 0. The number of rotatable bonds is 5. The van der Waals surface area contributed by atoms with E-state index in [1.54, 1.807) is 0 Å². The van der Waals surface area contributed by atoms with Gasteiger partial charge in [0.2, 0.25) is 0 Å². The van der Waals surface area contributed by atoms with Gasteiger partial charge in [-0.25, -0.2) is 0 Å². The molecule has 3 nitrogen and oxygen atoms in total. The highest BCUT2D eigenvalue weighted by Crippen LogP contribution is 2.30. The maximum absolute atomic E-state index is 12.2. The second kappa shape index (κ2) is 6.31. The molecule has 2 rings (SSSR count). The molecule has 1 heterocycles. The van der Waals surface area contributed by atoms with E-state index >= 15 is 0 Å². The first-order chi connectivity index (χ1) is 9.13. The molecule has 104 valence electrons. The fraction of sp³-hybridized carbons (Fsp3) is 0.562. The van der Waals surface area contributed by atoms with Gasteiger partial charge in [0, 0.05) is 6.42 Å². The molecule has 3 unspecified atom stereocenters. The Hall–Kier alpha value is -1.19. The molecule has 0 aliphatic carbocycles. The van der Waals surface area contributed by atoms with E-state index < -0.39 is 0 Å². The Balaban J connectivity index is 2.06. The predicted octanol–water partition coefficient (Wildman–Crippen LogP) is 2.63. The maximum Gasteiger partial charge on any atom is 0.152 e. The maximum atomic E-state index is 12.2. The second-order valence-electron chi connectivity index (χ2n) is 5.39. The molecular weight excluding hydrogens is 238 g/mol. The number of ketones is 1. The van der Waals surface area contributed by atoms with E-state index in [0.29, 0.717) is 13.0 Å². The van der Waals surface area contributed by atoms with Gasteiger partial charge in [0.1, 0.15) is 0 Å². The standard InChI is InChI=1S/C16H23NO2/c1-3-11(2)16(17)14(18)10-15-13-7-5-4-6-12(13)8-9-19-15/h4-7,11,15-16H,3,8-10,17H2,1-2H3. The Morgan fingerprint density at radius 1 is 1.47 bits per heavy atom. The van der Waals surface area contributed by atoms with E-state index in [1.165, 1.54) is 5.56 Å². The Bertz CT molecular complexity index is 444. The van der Waals surface area contributed by atoms with Crippen LogP contribution in [-0.2, 0) is 16.0 Å². The number of benzene rings is 1. The number of carbonyl (C=O) groups is 1. The molecule has 3 heteroatoms. The monoisotopic (exact) mass is 261 g/mol. The minimum absolute atomic E-state index is 0.107. The Labute approximate surface area is 115 Å². The van der Waals surface area contributed by atoms with Crippen LogP contribution < -0.4 is 5.73 Å². The summed E-state index contributed by atoms with van der Waals surface area (Å²) in [5.74, 6) is 0.336. The van der Waals surface area contributed by atoms with Crippen molar-refractivity contribution in [2.75, 3.05) is 6.61 Å². The summed E-state index contributed by atoms with van der Waals surface area (Å²) >= 11 is 0. The third-order valence-corrected chi connectivity index (χ3v) is 4.11. The Morgan fingerprint density at radius 3 is 2.95 bits per heavy atom. The van der Waals surface area contributed by atoms with E-state index in [-0.39, 0.29) is 23.8 Å². The molecule has 0 radical (unpaired) electrons. The lowest BCUT2D eigenvalue weighted by Gasteiger charge is -2.27. The number of hydrogen-bond donors (Lipinski definition) is 1. The van der Waals surface area contributed by atoms with E-state index in [4.69, 9.17) is 10.5 Å². The van der Waals surface area contributed by atoms with E-state index in [2.05, 4.69) is 19.1 Å². The molecule has 1 aliphatic heterocycles. The largest absolute Gasteiger partial charge is 0.373 e. The number of hydrogen-bond acceptors (Lipinski definition) is 3. The van der Waals surface area contributed by atoms with Crippen LogP contribution in [0, 0.1) is 5.92 Å². The molecule has 1 aromatic rings. The van der Waals surface area contributed by atoms with Gasteiger partial charge in [-0.15, -0.1) is 0 Å². The summed E-state index contributed by atoms with van der Waals surface area (Å²) in [6, 6.07) is 7.83. The minimum atomic E-state index is -0.373. The van der Waals surface area contributed by atoms with Crippen molar-refractivity contribution in [3.05, 3.63) is 35.4 Å². The fourth-order valence-corrected chi connectivity index (χ4v) is 2.54. The van der Waals surface area contributed by atoms with Crippen molar-refractivity contribution in [2.24, 2.45) is 11.7 Å². The zero-order chi connectivity index (χ0) is 13.8. The molecule has 1 aliphatic rings. The van der Waals surface area contributed by atoms with Crippen LogP contribution >= 0.6 is 0 Å². The summed E-state index contributed by atoms with van der Waals surface area (Å²) in [6.07, 6.45) is 2.13. The highest BCUT2D eigenvalue weighted by Gasteiger charge is 2.27. The smallest absolute Gasteiger partial charge is 0.152 e. The number of fused-ring (bicyclic) bond motifs is 1. The Kier molecular flexibility index (Phi) is 4.72. The van der Waals surface area contributed by atoms with Gasteiger partial charge in [-0.2, -0.15) is 0 Å². The average molecular weight is 261 g/mol.